The Morgan fingerprint density at radius 1 is 1.38 bits per heavy atom. The van der Waals surface area contributed by atoms with Crippen LogP contribution < -0.4 is 4.74 Å². The van der Waals surface area contributed by atoms with Crippen LogP contribution in [0.1, 0.15) is 30.7 Å². The minimum Gasteiger partial charge on any atom is -0.497 e. The lowest BCUT2D eigenvalue weighted by Crippen LogP contribution is -2.38. The summed E-state index contributed by atoms with van der Waals surface area (Å²) in [4.78, 5) is 10.8. The molecule has 0 radical (unpaired) electrons. The normalized spacial score (nSPS) is 21.5. The Hall–Kier alpha value is -1.85. The van der Waals surface area contributed by atoms with E-state index in [-0.39, 0.29) is 0 Å². The van der Waals surface area contributed by atoms with Gasteiger partial charge in [-0.15, -0.1) is 0 Å². The van der Waals surface area contributed by atoms with E-state index in [0.29, 0.717) is 6.10 Å². The van der Waals surface area contributed by atoms with E-state index in [0.717, 1.165) is 49.8 Å². The zero-order valence-corrected chi connectivity index (χ0v) is 14.3. The molecule has 1 atom stereocenters. The van der Waals surface area contributed by atoms with E-state index in [2.05, 4.69) is 16.0 Å². The van der Waals surface area contributed by atoms with Crippen LogP contribution in [0.25, 0.3) is 11.4 Å². The van der Waals surface area contributed by atoms with E-state index >= 15 is 0 Å². The first kappa shape index (κ1) is 15.7. The summed E-state index contributed by atoms with van der Waals surface area (Å²) in [6.45, 7) is 3.96. The number of rotatable bonds is 4. The number of nitrogens with zero attached hydrogens (tertiary/aromatic N) is 2. The summed E-state index contributed by atoms with van der Waals surface area (Å²) >= 11 is 0. The van der Waals surface area contributed by atoms with Gasteiger partial charge >= 0.3 is 0 Å². The molecule has 4 rings (SSSR count). The van der Waals surface area contributed by atoms with Crippen LogP contribution in [0.3, 0.4) is 0 Å². The lowest BCUT2D eigenvalue weighted by Gasteiger charge is -2.31. The molecule has 1 N–H and O–H groups in total. The highest BCUT2D eigenvalue weighted by Crippen LogP contribution is 2.26. The number of nitrogens with one attached hydrogen (secondary N) is 1. The summed E-state index contributed by atoms with van der Waals surface area (Å²) in [7, 11) is 1.69. The van der Waals surface area contributed by atoms with Crippen molar-refractivity contribution >= 4 is 0 Å². The van der Waals surface area contributed by atoms with Crippen LogP contribution in [0.5, 0.6) is 5.75 Å². The fourth-order valence-corrected chi connectivity index (χ4v) is 3.65. The second-order valence-electron chi connectivity index (χ2n) is 6.72. The number of methoxy groups -OCH3 is 1. The van der Waals surface area contributed by atoms with Gasteiger partial charge in [0.05, 0.1) is 24.6 Å². The standard InChI is InChI=1S/C19H25N3O2/c1-23-15-7-4-5-14(11-15)19-20-17-8-9-22(13-18(17)21-19)12-16-6-2-3-10-24-16/h4-5,7,11,16H,2-3,6,8-10,12-13H2,1H3,(H,20,21)/t16-/m0/s1. The van der Waals surface area contributed by atoms with Crippen LogP contribution in [0.4, 0.5) is 0 Å². The molecule has 2 aliphatic heterocycles. The van der Waals surface area contributed by atoms with Crippen LogP contribution in [0.2, 0.25) is 0 Å². The largest absolute Gasteiger partial charge is 0.497 e. The van der Waals surface area contributed by atoms with Gasteiger partial charge in [-0.3, -0.25) is 4.90 Å². The predicted molar refractivity (Wildman–Crippen MR) is 93.1 cm³/mol. The molecule has 2 aliphatic rings. The maximum atomic E-state index is 5.89. The van der Waals surface area contributed by atoms with E-state index in [9.17, 15) is 0 Å². The molecule has 24 heavy (non-hydrogen) atoms. The van der Waals surface area contributed by atoms with Crippen LogP contribution in [0, 0.1) is 0 Å². The highest BCUT2D eigenvalue weighted by Gasteiger charge is 2.24. The number of aromatic amines is 1. The summed E-state index contributed by atoms with van der Waals surface area (Å²) < 4.78 is 11.2. The molecule has 5 nitrogen and oxygen atoms in total. The average Bonchev–Trinajstić information content (AvgIpc) is 3.06. The number of hydrogen-bond acceptors (Lipinski definition) is 4. The summed E-state index contributed by atoms with van der Waals surface area (Å²) in [6.07, 6.45) is 5.11. The molecular formula is C19H25N3O2. The SMILES string of the molecule is COc1cccc(-c2nc3c([nH]2)CN(C[C@@H]2CCCCO2)CC3)c1. The lowest BCUT2D eigenvalue weighted by atomic mass is 10.1. The Labute approximate surface area is 143 Å². The molecule has 5 heteroatoms. The number of H-pyrrole nitrogens is 1. The van der Waals surface area contributed by atoms with Crippen LogP contribution in [-0.4, -0.2) is 47.8 Å². The van der Waals surface area contributed by atoms with Gasteiger partial charge in [-0.25, -0.2) is 4.98 Å². The molecule has 0 saturated carbocycles. The summed E-state index contributed by atoms with van der Waals surface area (Å²) in [5.74, 6) is 1.80. The maximum absolute atomic E-state index is 5.89. The van der Waals surface area contributed by atoms with E-state index in [1.54, 1.807) is 7.11 Å². The first-order chi connectivity index (χ1) is 11.8. The number of benzene rings is 1. The number of hydrogen-bond donors (Lipinski definition) is 1. The molecule has 1 aromatic carbocycles. The van der Waals surface area contributed by atoms with Gasteiger partial charge in [0.1, 0.15) is 11.6 Å². The van der Waals surface area contributed by atoms with Gasteiger partial charge in [0.15, 0.2) is 0 Å². The molecule has 0 unspecified atom stereocenters. The second-order valence-corrected chi connectivity index (χ2v) is 6.72. The smallest absolute Gasteiger partial charge is 0.137 e. The van der Waals surface area contributed by atoms with Crippen molar-refractivity contribution in [2.24, 2.45) is 0 Å². The van der Waals surface area contributed by atoms with Gasteiger partial charge in [0.2, 0.25) is 0 Å². The molecule has 0 amide bonds. The van der Waals surface area contributed by atoms with Crippen LogP contribution in [0.15, 0.2) is 24.3 Å². The van der Waals surface area contributed by atoms with Crippen LogP contribution in [-0.2, 0) is 17.7 Å². The van der Waals surface area contributed by atoms with Crippen molar-refractivity contribution in [3.05, 3.63) is 35.7 Å². The fourth-order valence-electron chi connectivity index (χ4n) is 3.65. The molecule has 2 aromatic rings. The van der Waals surface area contributed by atoms with Crippen LogP contribution >= 0.6 is 0 Å². The van der Waals surface area contributed by atoms with Crippen molar-refractivity contribution < 1.29 is 9.47 Å². The summed E-state index contributed by atoms with van der Waals surface area (Å²) in [6, 6.07) is 8.05. The van der Waals surface area contributed by atoms with Crippen molar-refractivity contribution in [1.29, 1.82) is 0 Å². The molecule has 0 spiro atoms. The van der Waals surface area contributed by atoms with E-state index in [1.165, 1.54) is 30.7 Å². The van der Waals surface area contributed by atoms with Gasteiger partial charge in [0.25, 0.3) is 0 Å². The Morgan fingerprint density at radius 3 is 3.17 bits per heavy atom. The Bertz CT molecular complexity index is 692. The third-order valence-electron chi connectivity index (χ3n) is 4.99. The highest BCUT2D eigenvalue weighted by molar-refractivity contribution is 5.58. The molecular weight excluding hydrogens is 302 g/mol. The molecule has 0 bridgehead atoms. The third kappa shape index (κ3) is 3.32. The van der Waals surface area contributed by atoms with Gasteiger partial charge in [-0.05, 0) is 31.4 Å². The zero-order chi connectivity index (χ0) is 16.4. The number of fused-ring (bicyclic) bond motifs is 1. The summed E-state index contributed by atoms with van der Waals surface area (Å²) in [5, 5.41) is 0. The number of ether oxygens (including phenoxy) is 2. The van der Waals surface area contributed by atoms with E-state index in [1.807, 2.05) is 18.2 Å². The molecule has 1 saturated heterocycles. The van der Waals surface area contributed by atoms with Gasteiger partial charge in [0, 0.05) is 38.2 Å². The van der Waals surface area contributed by atoms with Crippen molar-refractivity contribution in [3.63, 3.8) is 0 Å². The zero-order valence-electron chi connectivity index (χ0n) is 14.3. The average molecular weight is 327 g/mol. The fraction of sp³-hybridized carbons (Fsp3) is 0.526. The van der Waals surface area contributed by atoms with Crippen molar-refractivity contribution in [2.45, 2.75) is 38.3 Å². The Kier molecular flexibility index (Phi) is 4.54. The van der Waals surface area contributed by atoms with Gasteiger partial charge < -0.3 is 14.5 Å². The lowest BCUT2D eigenvalue weighted by molar-refractivity contribution is -0.00826. The van der Waals surface area contributed by atoms with Crippen molar-refractivity contribution in [1.82, 2.24) is 14.9 Å². The highest BCUT2D eigenvalue weighted by atomic mass is 16.5. The van der Waals surface area contributed by atoms with Gasteiger partial charge in [-0.1, -0.05) is 12.1 Å². The van der Waals surface area contributed by atoms with E-state index < -0.39 is 0 Å². The quantitative estimate of drug-likeness (QED) is 0.938. The third-order valence-corrected chi connectivity index (χ3v) is 4.99. The monoisotopic (exact) mass is 327 g/mol. The minimum absolute atomic E-state index is 0.404. The number of aromatic nitrogens is 2. The summed E-state index contributed by atoms with van der Waals surface area (Å²) in [5.41, 5.74) is 3.52. The Balaban J connectivity index is 1.47. The topological polar surface area (TPSA) is 50.4 Å². The van der Waals surface area contributed by atoms with Gasteiger partial charge in [-0.2, -0.15) is 0 Å². The molecule has 3 heterocycles. The van der Waals surface area contributed by atoms with E-state index in [4.69, 9.17) is 14.5 Å². The Morgan fingerprint density at radius 2 is 2.33 bits per heavy atom. The first-order valence-electron chi connectivity index (χ1n) is 8.88. The molecule has 1 fully saturated rings. The molecule has 128 valence electrons. The predicted octanol–water partition coefficient (Wildman–Crippen LogP) is 3.01. The van der Waals surface area contributed by atoms with Crippen molar-refractivity contribution in [2.75, 3.05) is 26.8 Å². The first-order valence-corrected chi connectivity index (χ1v) is 8.88. The second kappa shape index (κ2) is 6.95. The molecule has 1 aromatic heterocycles. The minimum atomic E-state index is 0.404. The number of imidazole rings is 1. The molecule has 0 aliphatic carbocycles. The maximum Gasteiger partial charge on any atom is 0.137 e. The van der Waals surface area contributed by atoms with Crippen molar-refractivity contribution in [3.8, 4) is 17.1 Å².